The number of likely N-dealkylation sites (tertiary alicyclic amines) is 1. The summed E-state index contributed by atoms with van der Waals surface area (Å²) >= 11 is 1.76. The van der Waals surface area contributed by atoms with Gasteiger partial charge in [0.2, 0.25) is 5.88 Å². The molecule has 0 atom stereocenters. The first-order chi connectivity index (χ1) is 19.5. The minimum Gasteiger partial charge on any atom is -0.476 e. The fourth-order valence-electron chi connectivity index (χ4n) is 5.10. The van der Waals surface area contributed by atoms with Gasteiger partial charge in [0.15, 0.2) is 0 Å². The second kappa shape index (κ2) is 13.4. The topological polar surface area (TPSA) is 148 Å². The number of nitrogens with two attached hydrogens (primary N) is 2. The maximum absolute atomic E-state index is 12.8. The molecule has 0 aliphatic carbocycles. The first kappa shape index (κ1) is 28.2. The molecule has 5 rings (SSSR count). The lowest BCUT2D eigenvalue weighted by atomic mass is 9.96. The third kappa shape index (κ3) is 7.05. The van der Waals surface area contributed by atoms with Gasteiger partial charge in [0.1, 0.15) is 16.4 Å². The van der Waals surface area contributed by atoms with Crippen LogP contribution in [-0.2, 0) is 13.1 Å². The lowest BCUT2D eigenvalue weighted by molar-refractivity contribution is 0.0929. The van der Waals surface area contributed by atoms with Crippen molar-refractivity contribution in [2.45, 2.75) is 32.9 Å². The van der Waals surface area contributed by atoms with Gasteiger partial charge in [-0.05, 0) is 57.0 Å². The van der Waals surface area contributed by atoms with E-state index >= 15 is 0 Å². The number of ether oxygens (including phenoxy) is 1. The maximum atomic E-state index is 12.8. The van der Waals surface area contributed by atoms with E-state index in [1.54, 1.807) is 11.3 Å². The van der Waals surface area contributed by atoms with Gasteiger partial charge in [-0.2, -0.15) is 0 Å². The number of hydrogen-bond donors (Lipinski definition) is 4. The molecular weight excluding hydrogens is 526 g/mol. The number of carbonyl (C=O) groups is 1. The number of thiazole rings is 1. The molecule has 214 valence electrons. The number of hydrogen-bond acceptors (Lipinski definition) is 11. The van der Waals surface area contributed by atoms with Crippen LogP contribution in [0.15, 0.2) is 30.5 Å². The number of piperidine rings is 1. The van der Waals surface area contributed by atoms with Gasteiger partial charge in [0.05, 0.1) is 23.7 Å². The van der Waals surface area contributed by atoms with E-state index in [-0.39, 0.29) is 23.2 Å². The monoisotopic (exact) mass is 565 g/mol. The van der Waals surface area contributed by atoms with Crippen molar-refractivity contribution in [3.05, 3.63) is 46.7 Å². The van der Waals surface area contributed by atoms with Gasteiger partial charge in [-0.1, -0.05) is 6.07 Å². The number of nitrogens with one attached hydrogen (secondary N) is 2. The molecule has 2 aliphatic rings. The van der Waals surface area contributed by atoms with Crippen molar-refractivity contribution in [2.75, 3.05) is 63.9 Å². The quantitative estimate of drug-likeness (QED) is 0.288. The SMILES string of the molecule is CCOc1nc(C(=O)NCC2CCN(Cc3sc(-c4ccccn4)nc3CN3CCNCC3)CC2)cc(N)c1N. The average molecular weight is 566 g/mol. The zero-order valence-electron chi connectivity index (χ0n) is 23.1. The van der Waals surface area contributed by atoms with Crippen LogP contribution in [0.4, 0.5) is 11.4 Å². The number of carbonyl (C=O) groups excluding carboxylic acids is 1. The van der Waals surface area contributed by atoms with Crippen molar-refractivity contribution < 1.29 is 9.53 Å². The van der Waals surface area contributed by atoms with Crippen LogP contribution in [0.2, 0.25) is 0 Å². The van der Waals surface area contributed by atoms with E-state index in [1.165, 1.54) is 16.6 Å². The summed E-state index contributed by atoms with van der Waals surface area (Å²) in [7, 11) is 0. The number of amides is 1. The molecule has 1 amide bonds. The first-order valence-electron chi connectivity index (χ1n) is 14.0. The molecule has 5 heterocycles. The number of rotatable bonds is 10. The molecule has 12 heteroatoms. The summed E-state index contributed by atoms with van der Waals surface area (Å²) in [6.45, 7) is 10.7. The second-order valence-electron chi connectivity index (χ2n) is 10.3. The van der Waals surface area contributed by atoms with E-state index in [4.69, 9.17) is 21.2 Å². The summed E-state index contributed by atoms with van der Waals surface area (Å²) in [5.74, 6) is 0.342. The smallest absolute Gasteiger partial charge is 0.270 e. The molecule has 0 radical (unpaired) electrons. The predicted molar refractivity (Wildman–Crippen MR) is 158 cm³/mol. The summed E-state index contributed by atoms with van der Waals surface area (Å²) < 4.78 is 5.43. The average Bonchev–Trinajstić information content (AvgIpc) is 3.37. The number of nitrogens with zero attached hydrogens (tertiary/aromatic N) is 5. The summed E-state index contributed by atoms with van der Waals surface area (Å²) in [5.41, 5.74) is 14.8. The molecular formula is C28H39N9O2S. The van der Waals surface area contributed by atoms with Crippen LogP contribution in [0.25, 0.3) is 10.7 Å². The van der Waals surface area contributed by atoms with Crippen molar-refractivity contribution in [1.29, 1.82) is 0 Å². The van der Waals surface area contributed by atoms with Crippen molar-refractivity contribution in [3.8, 4) is 16.6 Å². The predicted octanol–water partition coefficient (Wildman–Crippen LogP) is 2.21. The summed E-state index contributed by atoms with van der Waals surface area (Å²) in [4.78, 5) is 32.9. The van der Waals surface area contributed by atoms with E-state index in [0.29, 0.717) is 24.8 Å². The van der Waals surface area contributed by atoms with E-state index in [2.05, 4.69) is 30.4 Å². The Kier molecular flexibility index (Phi) is 9.42. The van der Waals surface area contributed by atoms with Gasteiger partial charge >= 0.3 is 0 Å². The molecule has 11 nitrogen and oxygen atoms in total. The van der Waals surface area contributed by atoms with Crippen LogP contribution in [0.5, 0.6) is 5.88 Å². The normalized spacial score (nSPS) is 17.1. The Bertz CT molecular complexity index is 1270. The fraction of sp³-hybridized carbons (Fsp3) is 0.500. The molecule has 3 aromatic heterocycles. The van der Waals surface area contributed by atoms with E-state index in [1.807, 2.05) is 31.3 Å². The van der Waals surface area contributed by atoms with Crippen LogP contribution in [0.1, 0.15) is 40.8 Å². The number of aromatic nitrogens is 3. The molecule has 0 aromatic carbocycles. The molecule has 2 saturated heterocycles. The number of nitrogen functional groups attached to an aromatic ring is 2. The standard InChI is InChI=1S/C28H39N9O2S/c1-2-39-27-25(30)20(29)15-22(34-27)26(38)33-16-19-6-11-36(12-7-19)18-24-23(17-37-13-9-31-10-14-37)35-28(40-24)21-5-3-4-8-32-21/h3-5,8,15,19,31H,2,6-7,9-14,16-18,30H2,1H3,(H2,29,34)(H,33,38). The first-order valence-corrected chi connectivity index (χ1v) is 14.8. The lowest BCUT2D eigenvalue weighted by Gasteiger charge is -2.32. The minimum atomic E-state index is -0.264. The zero-order chi connectivity index (χ0) is 27.9. The lowest BCUT2D eigenvalue weighted by Crippen LogP contribution is -2.43. The molecule has 0 saturated carbocycles. The van der Waals surface area contributed by atoms with E-state index in [0.717, 1.165) is 75.9 Å². The van der Waals surface area contributed by atoms with Crippen LogP contribution in [-0.4, -0.2) is 83.1 Å². The number of piperazine rings is 1. The molecule has 2 aliphatic heterocycles. The van der Waals surface area contributed by atoms with Crippen LogP contribution < -0.4 is 26.8 Å². The second-order valence-corrected chi connectivity index (χ2v) is 11.4. The van der Waals surface area contributed by atoms with Crippen LogP contribution in [0.3, 0.4) is 0 Å². The van der Waals surface area contributed by atoms with Crippen molar-refractivity contribution in [1.82, 2.24) is 35.4 Å². The molecule has 0 bridgehead atoms. The Morgan fingerprint density at radius 2 is 1.90 bits per heavy atom. The Morgan fingerprint density at radius 1 is 1.12 bits per heavy atom. The van der Waals surface area contributed by atoms with Gasteiger partial charge in [0, 0.05) is 56.9 Å². The number of anilines is 2. The molecule has 2 fully saturated rings. The highest BCUT2D eigenvalue weighted by Crippen LogP contribution is 2.30. The van der Waals surface area contributed by atoms with Crippen molar-refractivity contribution >= 4 is 28.6 Å². The Morgan fingerprint density at radius 3 is 2.62 bits per heavy atom. The van der Waals surface area contributed by atoms with Crippen molar-refractivity contribution in [2.24, 2.45) is 5.92 Å². The highest BCUT2D eigenvalue weighted by atomic mass is 32.1. The molecule has 3 aromatic rings. The molecule has 40 heavy (non-hydrogen) atoms. The Labute approximate surface area is 239 Å². The van der Waals surface area contributed by atoms with Crippen molar-refractivity contribution in [3.63, 3.8) is 0 Å². The van der Waals surface area contributed by atoms with Gasteiger partial charge < -0.3 is 26.8 Å². The highest BCUT2D eigenvalue weighted by Gasteiger charge is 2.24. The Balaban J connectivity index is 1.17. The van der Waals surface area contributed by atoms with Gasteiger partial charge in [-0.25, -0.2) is 9.97 Å². The Hall–Kier alpha value is -3.32. The third-order valence-corrected chi connectivity index (χ3v) is 8.55. The largest absolute Gasteiger partial charge is 0.476 e. The minimum absolute atomic E-state index is 0.201. The highest BCUT2D eigenvalue weighted by molar-refractivity contribution is 7.15. The summed E-state index contributed by atoms with van der Waals surface area (Å²) in [6, 6.07) is 7.48. The molecule has 0 spiro atoms. The summed E-state index contributed by atoms with van der Waals surface area (Å²) in [5, 5.41) is 7.45. The van der Waals surface area contributed by atoms with Gasteiger partial charge in [-0.3, -0.25) is 19.6 Å². The maximum Gasteiger partial charge on any atom is 0.270 e. The third-order valence-electron chi connectivity index (χ3n) is 7.44. The van der Waals surface area contributed by atoms with E-state index in [9.17, 15) is 4.79 Å². The molecule has 0 unspecified atom stereocenters. The zero-order valence-corrected chi connectivity index (χ0v) is 23.9. The van der Waals surface area contributed by atoms with Gasteiger partial charge in [0.25, 0.3) is 5.91 Å². The van der Waals surface area contributed by atoms with Gasteiger partial charge in [-0.15, -0.1) is 11.3 Å². The van der Waals surface area contributed by atoms with E-state index < -0.39 is 0 Å². The number of pyridine rings is 2. The summed E-state index contributed by atoms with van der Waals surface area (Å²) in [6.07, 6.45) is 3.85. The van der Waals surface area contributed by atoms with Crippen LogP contribution >= 0.6 is 11.3 Å². The molecule has 6 N–H and O–H groups in total. The van der Waals surface area contributed by atoms with Crippen LogP contribution in [0, 0.1) is 5.92 Å². The fourth-order valence-corrected chi connectivity index (χ4v) is 6.19.